The smallest absolute Gasteiger partial charge is 0.335 e. The maximum Gasteiger partial charge on any atom is 0.335 e. The lowest BCUT2D eigenvalue weighted by molar-refractivity contribution is -0.198. The van der Waals surface area contributed by atoms with Crippen LogP contribution >= 0.6 is 0 Å². The first-order valence-corrected chi connectivity index (χ1v) is 15.8. The van der Waals surface area contributed by atoms with Gasteiger partial charge in [-0.15, -0.1) is 0 Å². The molecule has 1 aliphatic heterocycles. The fourth-order valence-electron chi connectivity index (χ4n) is 5.94. The van der Waals surface area contributed by atoms with Gasteiger partial charge in [0.25, 0.3) is 0 Å². The van der Waals surface area contributed by atoms with Crippen LogP contribution in [0.2, 0.25) is 0 Å². The first kappa shape index (κ1) is 40.3. The highest BCUT2D eigenvalue weighted by molar-refractivity contribution is 5.95. The summed E-state index contributed by atoms with van der Waals surface area (Å²) in [6.07, 6.45) is 15.8. The molecule has 13 nitrogen and oxygen atoms in total. The number of likely N-dealkylation sites (tertiary alicyclic amines) is 1. The maximum absolute atomic E-state index is 12.9. The number of oxazole rings is 1. The highest BCUT2D eigenvalue weighted by Gasteiger charge is 2.72. The van der Waals surface area contributed by atoms with Crippen LogP contribution in [-0.4, -0.2) is 110 Å². The van der Waals surface area contributed by atoms with Crippen molar-refractivity contribution < 1.29 is 49.1 Å². The zero-order chi connectivity index (χ0) is 36.3. The van der Waals surface area contributed by atoms with Gasteiger partial charge in [-0.3, -0.25) is 9.59 Å². The fraction of sp³-hybridized carbons (Fsp3) is 0.543. The molecule has 2 heterocycles. The predicted molar refractivity (Wildman–Crippen MR) is 178 cm³/mol. The first-order chi connectivity index (χ1) is 22.5. The molecule has 0 bridgehead atoms. The van der Waals surface area contributed by atoms with Gasteiger partial charge < -0.3 is 44.9 Å². The van der Waals surface area contributed by atoms with Crippen molar-refractivity contribution in [2.45, 2.75) is 76.9 Å². The number of aliphatic hydroxyl groups is 4. The Labute approximate surface area is 282 Å². The molecule has 0 aromatic carbocycles. The molecular weight excluding hydrogens is 622 g/mol. The molecule has 1 unspecified atom stereocenters. The molecular formula is C35H51N3O10. The summed E-state index contributed by atoms with van der Waals surface area (Å²) < 4.78 is 10.7. The van der Waals surface area contributed by atoms with Crippen LogP contribution in [0.5, 0.6) is 0 Å². The Morgan fingerprint density at radius 2 is 1.85 bits per heavy atom. The van der Waals surface area contributed by atoms with Crippen molar-refractivity contribution in [3.8, 4) is 0 Å². The van der Waals surface area contributed by atoms with Gasteiger partial charge in [0.1, 0.15) is 11.4 Å². The number of aliphatic hydroxyl groups excluding tert-OH is 3. The first-order valence-electron chi connectivity index (χ1n) is 15.8. The standard InChI is InChI=1S/C35H51N3O10/c1-23(15-11-8-9-12-16-26-20-36-22-48-26)29(41)33(4,5)31(43)37-18-14-10-13-17-27(40)24(2)19-28(47-7)35(46)25(3)30(42)38(6)34(35,21-39)32(44)45/h8-15,17,20,22,24-25,27-29,39-41,46H,16,18-19,21H2,1-7H3,(H,37,43)(H,44,45)/b11-8-,12-9+,14-10+,17-13+,23-15-/t24-,25+,27+,28+,29?,34-,35-/m1/s1. The number of nitrogens with one attached hydrogen (secondary N) is 1. The molecule has 0 spiro atoms. The largest absolute Gasteiger partial charge is 0.479 e. The van der Waals surface area contributed by atoms with Crippen molar-refractivity contribution in [1.29, 1.82) is 0 Å². The Morgan fingerprint density at radius 3 is 2.44 bits per heavy atom. The number of amides is 2. The van der Waals surface area contributed by atoms with Crippen LogP contribution in [-0.2, 0) is 25.5 Å². The number of aliphatic carboxylic acids is 1. The van der Waals surface area contributed by atoms with Crippen molar-refractivity contribution in [2.24, 2.45) is 17.3 Å². The molecule has 13 heteroatoms. The normalized spacial score (nSPS) is 25.1. The lowest BCUT2D eigenvalue weighted by Gasteiger charge is -2.46. The minimum Gasteiger partial charge on any atom is -0.479 e. The highest BCUT2D eigenvalue weighted by Crippen LogP contribution is 2.47. The molecule has 1 aromatic rings. The average Bonchev–Trinajstić information content (AvgIpc) is 3.63. The number of ether oxygens (including phenoxy) is 1. The van der Waals surface area contributed by atoms with Crippen molar-refractivity contribution in [3.63, 3.8) is 0 Å². The molecule has 0 aliphatic carbocycles. The minimum absolute atomic E-state index is 0.0275. The number of hydrogen-bond donors (Lipinski definition) is 6. The van der Waals surface area contributed by atoms with Gasteiger partial charge in [0.15, 0.2) is 11.9 Å². The van der Waals surface area contributed by atoms with Crippen molar-refractivity contribution >= 4 is 17.8 Å². The van der Waals surface area contributed by atoms with E-state index >= 15 is 0 Å². The molecule has 1 aromatic heterocycles. The quantitative estimate of drug-likeness (QED) is 0.124. The maximum atomic E-state index is 12.9. The van der Waals surface area contributed by atoms with E-state index in [1.807, 2.05) is 18.2 Å². The van der Waals surface area contributed by atoms with Gasteiger partial charge >= 0.3 is 5.97 Å². The summed E-state index contributed by atoms with van der Waals surface area (Å²) in [5.41, 5.74) is -5.11. The topological polar surface area (TPSA) is 203 Å². The summed E-state index contributed by atoms with van der Waals surface area (Å²) in [6, 6.07) is 0. The van der Waals surface area contributed by atoms with Crippen LogP contribution < -0.4 is 5.32 Å². The highest BCUT2D eigenvalue weighted by atomic mass is 16.5. The van der Waals surface area contributed by atoms with E-state index in [-0.39, 0.29) is 18.9 Å². The number of rotatable bonds is 18. The third-order valence-corrected chi connectivity index (χ3v) is 9.28. The molecule has 0 radical (unpaired) electrons. The second kappa shape index (κ2) is 17.5. The minimum atomic E-state index is -2.33. The molecule has 2 rings (SSSR count). The molecule has 1 fully saturated rings. The molecule has 2 amide bonds. The molecule has 7 atom stereocenters. The van der Waals surface area contributed by atoms with E-state index in [0.717, 1.165) is 10.7 Å². The van der Waals surface area contributed by atoms with Crippen LogP contribution in [0.15, 0.2) is 77.3 Å². The van der Waals surface area contributed by atoms with Gasteiger partial charge in [-0.25, -0.2) is 9.78 Å². The summed E-state index contributed by atoms with van der Waals surface area (Å²) in [5.74, 6) is -3.56. The van der Waals surface area contributed by atoms with Gasteiger partial charge in [-0.2, -0.15) is 0 Å². The molecule has 6 N–H and O–H groups in total. The molecule has 1 aliphatic rings. The van der Waals surface area contributed by atoms with E-state index in [1.54, 1.807) is 64.3 Å². The van der Waals surface area contributed by atoms with Crippen molar-refractivity contribution in [1.82, 2.24) is 15.2 Å². The Bertz CT molecular complexity index is 1380. The third kappa shape index (κ3) is 8.58. The second-order valence-corrected chi connectivity index (χ2v) is 12.7. The number of allylic oxidation sites excluding steroid dienone is 7. The summed E-state index contributed by atoms with van der Waals surface area (Å²) in [7, 11) is 2.49. The van der Waals surface area contributed by atoms with Gasteiger partial charge in [0.05, 0.1) is 42.4 Å². The molecule has 0 saturated carbocycles. The zero-order valence-corrected chi connectivity index (χ0v) is 28.7. The van der Waals surface area contributed by atoms with Crippen LogP contribution in [0.1, 0.15) is 46.8 Å². The molecule has 48 heavy (non-hydrogen) atoms. The van der Waals surface area contributed by atoms with Gasteiger partial charge in [-0.1, -0.05) is 68.5 Å². The van der Waals surface area contributed by atoms with E-state index in [4.69, 9.17) is 9.15 Å². The number of hydrogen-bond acceptors (Lipinski definition) is 10. The number of aromatic nitrogens is 1. The zero-order valence-electron chi connectivity index (χ0n) is 28.7. The Morgan fingerprint density at radius 1 is 1.19 bits per heavy atom. The van der Waals surface area contributed by atoms with E-state index in [1.165, 1.54) is 33.6 Å². The Hall–Kier alpha value is -3.88. The monoisotopic (exact) mass is 673 g/mol. The van der Waals surface area contributed by atoms with Crippen LogP contribution in [0, 0.1) is 17.3 Å². The summed E-state index contributed by atoms with van der Waals surface area (Å²) in [6.45, 7) is 7.25. The van der Waals surface area contributed by atoms with Crippen molar-refractivity contribution in [3.05, 3.63) is 78.6 Å². The van der Waals surface area contributed by atoms with Gasteiger partial charge in [0, 0.05) is 27.1 Å². The van der Waals surface area contributed by atoms with Gasteiger partial charge in [0.2, 0.25) is 11.8 Å². The van der Waals surface area contributed by atoms with E-state index in [9.17, 15) is 39.9 Å². The Kier molecular flexibility index (Phi) is 14.7. The van der Waals surface area contributed by atoms with Crippen LogP contribution in [0.3, 0.4) is 0 Å². The number of carboxylic acid groups (broad SMARTS) is 1. The SMILES string of the molecule is CO[C@@H](C[C@@H](C)[C@@H](O)/C=C/C=C/CNC(=O)C(C)(C)C(O)\C(C)=C/C=C\C=C\Cc1cnco1)[C@]1(O)[C@@H](C)C(=O)N(C)[C@]1(CO)C(=O)O. The lowest BCUT2D eigenvalue weighted by atomic mass is 9.70. The van der Waals surface area contributed by atoms with Crippen molar-refractivity contribution in [2.75, 3.05) is 27.3 Å². The second-order valence-electron chi connectivity index (χ2n) is 12.7. The number of carbonyl (C=O) groups excluding carboxylic acids is 2. The number of nitrogens with zero attached hydrogens (tertiary/aromatic N) is 2. The average molecular weight is 674 g/mol. The van der Waals surface area contributed by atoms with E-state index in [0.29, 0.717) is 12.0 Å². The number of carbonyl (C=O) groups is 3. The predicted octanol–water partition coefficient (Wildman–Crippen LogP) is 1.95. The lowest BCUT2D eigenvalue weighted by Crippen LogP contribution is -2.70. The number of carboxylic acids is 1. The summed E-state index contributed by atoms with van der Waals surface area (Å²) in [4.78, 5) is 42.6. The molecule has 1 saturated heterocycles. The summed E-state index contributed by atoms with van der Waals surface area (Å²) in [5, 5.41) is 56.2. The van der Waals surface area contributed by atoms with E-state index < -0.39 is 65.2 Å². The van der Waals surface area contributed by atoms with Crippen LogP contribution in [0.4, 0.5) is 0 Å². The summed E-state index contributed by atoms with van der Waals surface area (Å²) >= 11 is 0. The number of likely N-dealkylation sites (N-methyl/N-ethyl adjacent to an activating group) is 1. The van der Waals surface area contributed by atoms with Crippen LogP contribution in [0.25, 0.3) is 0 Å². The Balaban J connectivity index is 1.92. The fourth-order valence-corrected chi connectivity index (χ4v) is 5.94. The number of methoxy groups -OCH3 is 1. The van der Waals surface area contributed by atoms with Gasteiger partial charge in [-0.05, 0) is 38.7 Å². The third-order valence-electron chi connectivity index (χ3n) is 9.28. The van der Waals surface area contributed by atoms with E-state index in [2.05, 4.69) is 10.3 Å². The molecule has 266 valence electrons.